The molecule has 1 fully saturated rings. The van der Waals surface area contributed by atoms with Gasteiger partial charge in [-0.1, -0.05) is 0 Å². The van der Waals surface area contributed by atoms with E-state index in [1.807, 2.05) is 0 Å². The molecule has 3 N–H and O–H groups in total. The summed E-state index contributed by atoms with van der Waals surface area (Å²) in [6.45, 7) is 2.76. The van der Waals surface area contributed by atoms with E-state index in [4.69, 9.17) is 9.88 Å². The monoisotopic (exact) mass is 236 g/mol. The molecule has 1 aliphatic heterocycles. The van der Waals surface area contributed by atoms with Crippen molar-refractivity contribution in [1.82, 2.24) is 5.32 Å². The maximum atomic E-state index is 11.4. The van der Waals surface area contributed by atoms with Gasteiger partial charge in [0.1, 0.15) is 0 Å². The van der Waals surface area contributed by atoms with Crippen molar-refractivity contribution >= 4 is 16.0 Å². The van der Waals surface area contributed by atoms with Gasteiger partial charge in [-0.05, 0) is 13.3 Å². The molecule has 0 spiro atoms. The molecular weight excluding hydrogens is 220 g/mol. The molecule has 0 unspecified atom stereocenters. The van der Waals surface area contributed by atoms with Crippen molar-refractivity contribution in [2.24, 2.45) is 11.1 Å². The van der Waals surface area contributed by atoms with Crippen LogP contribution in [0.25, 0.3) is 0 Å². The first-order valence-electron chi connectivity index (χ1n) is 4.84. The number of ether oxygens (including phenoxy) is 1. The van der Waals surface area contributed by atoms with E-state index in [1.54, 1.807) is 6.92 Å². The van der Waals surface area contributed by atoms with Crippen LogP contribution in [0.3, 0.4) is 0 Å². The summed E-state index contributed by atoms with van der Waals surface area (Å²) < 4.78 is 27.0. The van der Waals surface area contributed by atoms with Crippen molar-refractivity contribution in [2.45, 2.75) is 18.6 Å². The quantitative estimate of drug-likeness (QED) is 0.601. The van der Waals surface area contributed by atoms with Gasteiger partial charge in [0.05, 0.1) is 17.8 Å². The second kappa shape index (κ2) is 4.91. The van der Waals surface area contributed by atoms with Gasteiger partial charge in [-0.2, -0.15) is 0 Å². The molecule has 0 aliphatic carbocycles. The average Bonchev–Trinajstić information content (AvgIpc) is 2.17. The highest BCUT2D eigenvalue weighted by atomic mass is 32.2. The van der Waals surface area contributed by atoms with Gasteiger partial charge in [0.2, 0.25) is 10.0 Å². The lowest BCUT2D eigenvalue weighted by molar-refractivity contribution is -0.148. The third kappa shape index (κ3) is 3.44. The molecule has 1 aliphatic rings. The fraction of sp³-hybridized carbons (Fsp3) is 0.875. The number of sulfonamides is 1. The zero-order chi connectivity index (χ0) is 11.5. The number of nitrogens with two attached hydrogens (primary N) is 1. The van der Waals surface area contributed by atoms with Gasteiger partial charge in [0, 0.05) is 13.1 Å². The van der Waals surface area contributed by atoms with Crippen molar-refractivity contribution in [2.75, 3.05) is 19.7 Å². The largest absolute Gasteiger partial charge is 0.466 e. The first-order valence-corrected chi connectivity index (χ1v) is 6.45. The summed E-state index contributed by atoms with van der Waals surface area (Å²) >= 11 is 0. The van der Waals surface area contributed by atoms with Crippen LogP contribution in [0, 0.1) is 5.92 Å². The van der Waals surface area contributed by atoms with Gasteiger partial charge in [0.15, 0.2) is 0 Å². The van der Waals surface area contributed by atoms with E-state index in [2.05, 4.69) is 5.32 Å². The molecule has 88 valence electrons. The lowest BCUT2D eigenvalue weighted by atomic mass is 10.00. The minimum atomic E-state index is -3.58. The van der Waals surface area contributed by atoms with E-state index in [0.717, 1.165) is 0 Å². The van der Waals surface area contributed by atoms with Gasteiger partial charge in [-0.3, -0.25) is 4.79 Å². The Labute approximate surface area is 89.2 Å². The normalized spacial score (nSPS) is 27.3. The summed E-state index contributed by atoms with van der Waals surface area (Å²) in [7, 11) is -3.58. The minimum absolute atomic E-state index is 0.241. The third-order valence-electron chi connectivity index (χ3n) is 2.39. The third-order valence-corrected chi connectivity index (χ3v) is 3.68. The number of primary sulfonamides is 1. The van der Waals surface area contributed by atoms with Crippen molar-refractivity contribution in [3.05, 3.63) is 0 Å². The zero-order valence-electron chi connectivity index (χ0n) is 8.60. The summed E-state index contributed by atoms with van der Waals surface area (Å²) in [5.41, 5.74) is 0. The van der Waals surface area contributed by atoms with E-state index >= 15 is 0 Å². The molecule has 0 amide bonds. The highest BCUT2D eigenvalue weighted by molar-refractivity contribution is 7.89. The first-order chi connectivity index (χ1) is 6.95. The lowest BCUT2D eigenvalue weighted by Crippen LogP contribution is -2.48. The van der Waals surface area contributed by atoms with Gasteiger partial charge in [-0.15, -0.1) is 0 Å². The Hall–Kier alpha value is -0.660. The SMILES string of the molecule is CCOC(=O)[C@@H]1CNC[C@@H](S(N)(=O)=O)C1. The van der Waals surface area contributed by atoms with Crippen LogP contribution in [0.1, 0.15) is 13.3 Å². The molecule has 7 heteroatoms. The van der Waals surface area contributed by atoms with Crippen molar-refractivity contribution < 1.29 is 17.9 Å². The summed E-state index contributed by atoms with van der Waals surface area (Å²) in [6.07, 6.45) is 0.241. The fourth-order valence-corrected chi connectivity index (χ4v) is 2.44. The second-order valence-corrected chi connectivity index (χ2v) is 5.40. The average molecular weight is 236 g/mol. The number of rotatable bonds is 3. The molecule has 2 atom stereocenters. The summed E-state index contributed by atoms with van der Waals surface area (Å²) in [6, 6.07) is 0. The number of carbonyl (C=O) groups is 1. The summed E-state index contributed by atoms with van der Waals surface area (Å²) in [4.78, 5) is 11.4. The molecule has 6 nitrogen and oxygen atoms in total. The highest BCUT2D eigenvalue weighted by Gasteiger charge is 2.33. The Morgan fingerprint density at radius 1 is 1.53 bits per heavy atom. The molecule has 0 saturated carbocycles. The number of hydrogen-bond acceptors (Lipinski definition) is 5. The minimum Gasteiger partial charge on any atom is -0.466 e. The fourth-order valence-electron chi connectivity index (χ4n) is 1.59. The van der Waals surface area contributed by atoms with E-state index < -0.39 is 21.2 Å². The molecule has 1 rings (SSSR count). The van der Waals surface area contributed by atoms with Crippen LogP contribution >= 0.6 is 0 Å². The van der Waals surface area contributed by atoms with Crippen LogP contribution in [-0.2, 0) is 19.6 Å². The predicted molar refractivity (Wildman–Crippen MR) is 54.5 cm³/mol. The Balaban J connectivity index is 2.60. The van der Waals surface area contributed by atoms with Gasteiger partial charge in [0.25, 0.3) is 0 Å². The van der Waals surface area contributed by atoms with Crippen LogP contribution in [-0.4, -0.2) is 39.3 Å². The Bertz CT molecular complexity index is 328. The Kier molecular flexibility index (Phi) is 4.06. The van der Waals surface area contributed by atoms with Crippen LogP contribution in [0.15, 0.2) is 0 Å². The van der Waals surface area contributed by atoms with Crippen LogP contribution < -0.4 is 10.5 Å². The highest BCUT2D eigenvalue weighted by Crippen LogP contribution is 2.16. The Morgan fingerprint density at radius 3 is 2.73 bits per heavy atom. The number of esters is 1. The molecule has 1 heterocycles. The number of piperidine rings is 1. The lowest BCUT2D eigenvalue weighted by Gasteiger charge is -2.26. The molecule has 0 aromatic carbocycles. The van der Waals surface area contributed by atoms with Crippen molar-refractivity contribution in [1.29, 1.82) is 0 Å². The van der Waals surface area contributed by atoms with E-state index in [1.165, 1.54) is 0 Å². The number of hydrogen-bond donors (Lipinski definition) is 2. The standard InChI is InChI=1S/C8H16N2O4S/c1-2-14-8(11)6-3-7(5-10-4-6)15(9,12)13/h6-7,10H,2-5H2,1H3,(H2,9,12,13)/t6-,7-/m0/s1. The topological polar surface area (TPSA) is 98.5 Å². The number of nitrogens with one attached hydrogen (secondary N) is 1. The zero-order valence-corrected chi connectivity index (χ0v) is 9.42. The van der Waals surface area contributed by atoms with E-state index in [0.29, 0.717) is 19.7 Å². The summed E-state index contributed by atoms with van der Waals surface area (Å²) in [5, 5.41) is 7.20. The van der Waals surface area contributed by atoms with Gasteiger partial charge in [-0.25, -0.2) is 13.6 Å². The molecule has 0 aromatic rings. The smallest absolute Gasteiger partial charge is 0.310 e. The van der Waals surface area contributed by atoms with Gasteiger partial charge < -0.3 is 10.1 Å². The Morgan fingerprint density at radius 2 is 2.20 bits per heavy atom. The predicted octanol–water partition coefficient (Wildman–Crippen LogP) is -1.18. The molecule has 15 heavy (non-hydrogen) atoms. The van der Waals surface area contributed by atoms with Gasteiger partial charge >= 0.3 is 5.97 Å². The second-order valence-electron chi connectivity index (χ2n) is 3.55. The number of carbonyl (C=O) groups excluding carboxylic acids is 1. The van der Waals surface area contributed by atoms with Crippen LogP contribution in [0.5, 0.6) is 0 Å². The van der Waals surface area contributed by atoms with Crippen molar-refractivity contribution in [3.8, 4) is 0 Å². The first kappa shape index (κ1) is 12.4. The molecule has 0 bridgehead atoms. The van der Waals surface area contributed by atoms with Crippen LogP contribution in [0.4, 0.5) is 0 Å². The van der Waals surface area contributed by atoms with E-state index in [9.17, 15) is 13.2 Å². The maximum absolute atomic E-state index is 11.4. The van der Waals surface area contributed by atoms with Crippen LogP contribution in [0.2, 0.25) is 0 Å². The molecule has 0 radical (unpaired) electrons. The molecule has 1 saturated heterocycles. The maximum Gasteiger partial charge on any atom is 0.310 e. The molecular formula is C8H16N2O4S. The van der Waals surface area contributed by atoms with Crippen molar-refractivity contribution in [3.63, 3.8) is 0 Å². The van der Waals surface area contributed by atoms with E-state index in [-0.39, 0.29) is 12.4 Å². The molecule has 0 aromatic heterocycles. The summed E-state index contributed by atoms with van der Waals surface area (Å²) in [5.74, 6) is -0.777.